The van der Waals surface area contributed by atoms with Gasteiger partial charge in [0.05, 0.1) is 23.7 Å². The summed E-state index contributed by atoms with van der Waals surface area (Å²) in [5, 5.41) is 2.65. The van der Waals surface area contributed by atoms with Crippen LogP contribution < -0.4 is 14.8 Å². The highest BCUT2D eigenvalue weighted by Crippen LogP contribution is 2.38. The van der Waals surface area contributed by atoms with Crippen molar-refractivity contribution in [3.8, 4) is 11.5 Å². The van der Waals surface area contributed by atoms with Gasteiger partial charge in [-0.05, 0) is 66.0 Å². The molecule has 152 valence electrons. The molecule has 1 saturated heterocycles. The van der Waals surface area contributed by atoms with Crippen LogP contribution in [0.4, 0.5) is 4.79 Å². The molecule has 3 amide bonds. The summed E-state index contributed by atoms with van der Waals surface area (Å²) in [6.07, 6.45) is 1.62. The Kier molecular flexibility index (Phi) is 6.59. The maximum Gasteiger partial charge on any atom is 0.329 e. The van der Waals surface area contributed by atoms with Crippen molar-refractivity contribution in [1.82, 2.24) is 10.2 Å². The van der Waals surface area contributed by atoms with Gasteiger partial charge in [-0.2, -0.15) is 0 Å². The molecular weight excluding hydrogens is 436 g/mol. The largest absolute Gasteiger partial charge is 0.490 e. The first-order chi connectivity index (χ1) is 13.9. The van der Waals surface area contributed by atoms with Crippen molar-refractivity contribution in [3.05, 3.63) is 63.8 Å². The van der Waals surface area contributed by atoms with Gasteiger partial charge in [-0.25, -0.2) is 4.79 Å². The van der Waals surface area contributed by atoms with Gasteiger partial charge in [-0.15, -0.1) is 0 Å². The van der Waals surface area contributed by atoms with E-state index in [0.717, 1.165) is 5.56 Å². The Bertz CT molecular complexity index is 941. The highest BCUT2D eigenvalue weighted by Gasteiger charge is 2.33. The second kappa shape index (κ2) is 9.13. The van der Waals surface area contributed by atoms with Crippen LogP contribution in [-0.4, -0.2) is 29.5 Å². The summed E-state index contributed by atoms with van der Waals surface area (Å²) in [5.74, 6) is 0.812. The van der Waals surface area contributed by atoms with Crippen LogP contribution in [0.5, 0.6) is 11.5 Å². The Labute approximate surface area is 178 Å². The van der Waals surface area contributed by atoms with Gasteiger partial charge < -0.3 is 14.8 Å². The zero-order valence-electron chi connectivity index (χ0n) is 16.6. The van der Waals surface area contributed by atoms with E-state index in [1.165, 1.54) is 4.90 Å². The number of carbonyl (C=O) groups is 2. The second-order valence-electron chi connectivity index (χ2n) is 6.79. The maximum absolute atomic E-state index is 12.7. The van der Waals surface area contributed by atoms with Gasteiger partial charge in [0.15, 0.2) is 11.5 Å². The minimum atomic E-state index is -0.436. The van der Waals surface area contributed by atoms with Crippen molar-refractivity contribution in [2.45, 2.75) is 33.4 Å². The molecule has 29 heavy (non-hydrogen) atoms. The third-order valence-corrected chi connectivity index (χ3v) is 4.73. The molecular formula is C22H23BrN2O4. The monoisotopic (exact) mass is 458 g/mol. The van der Waals surface area contributed by atoms with Gasteiger partial charge in [0.1, 0.15) is 5.70 Å². The normalized spacial score (nSPS) is 15.2. The third kappa shape index (κ3) is 4.98. The number of urea groups is 1. The van der Waals surface area contributed by atoms with Crippen LogP contribution in [0.15, 0.2) is 52.6 Å². The summed E-state index contributed by atoms with van der Waals surface area (Å²) in [4.78, 5) is 26.2. The lowest BCUT2D eigenvalue weighted by Crippen LogP contribution is -2.30. The van der Waals surface area contributed by atoms with E-state index < -0.39 is 6.03 Å². The average molecular weight is 459 g/mol. The maximum atomic E-state index is 12.7. The molecule has 0 saturated carbocycles. The minimum Gasteiger partial charge on any atom is -0.490 e. The van der Waals surface area contributed by atoms with Gasteiger partial charge in [-0.3, -0.25) is 9.69 Å². The standard InChI is InChI=1S/C22H23BrN2O4/c1-4-28-19-12-16(10-17(23)20(19)29-14(2)3)11-18-21(26)25(22(27)24-18)13-15-8-6-5-7-9-15/h5-12,14H,4,13H2,1-3H3,(H,24,27)/b18-11+. The Balaban J connectivity index is 1.87. The van der Waals surface area contributed by atoms with Crippen LogP contribution in [0.1, 0.15) is 31.9 Å². The van der Waals surface area contributed by atoms with Crippen molar-refractivity contribution in [2.75, 3.05) is 6.61 Å². The SMILES string of the molecule is CCOc1cc(/C=C2/NC(=O)N(Cc3ccccc3)C2=O)cc(Br)c1OC(C)C. The first kappa shape index (κ1) is 20.9. The minimum absolute atomic E-state index is 0.0167. The van der Waals surface area contributed by atoms with Gasteiger partial charge in [0, 0.05) is 0 Å². The van der Waals surface area contributed by atoms with Crippen molar-refractivity contribution in [3.63, 3.8) is 0 Å². The number of nitrogens with one attached hydrogen (secondary N) is 1. The number of ether oxygens (including phenoxy) is 2. The van der Waals surface area contributed by atoms with Crippen molar-refractivity contribution in [2.24, 2.45) is 0 Å². The number of rotatable bonds is 7. The molecule has 2 aromatic carbocycles. The van der Waals surface area contributed by atoms with E-state index in [1.54, 1.807) is 12.1 Å². The summed E-state index contributed by atoms with van der Waals surface area (Å²) in [6.45, 7) is 6.46. The lowest BCUT2D eigenvalue weighted by molar-refractivity contribution is -0.123. The first-order valence-electron chi connectivity index (χ1n) is 9.40. The number of carbonyl (C=O) groups excluding carboxylic acids is 2. The molecule has 1 fully saturated rings. The summed E-state index contributed by atoms with van der Waals surface area (Å²) >= 11 is 3.51. The fourth-order valence-electron chi connectivity index (χ4n) is 2.93. The number of benzene rings is 2. The Morgan fingerprint density at radius 3 is 2.55 bits per heavy atom. The van der Waals surface area contributed by atoms with Gasteiger partial charge in [-0.1, -0.05) is 30.3 Å². The zero-order chi connectivity index (χ0) is 21.0. The topological polar surface area (TPSA) is 67.9 Å². The van der Waals surface area contributed by atoms with E-state index in [-0.39, 0.29) is 24.3 Å². The van der Waals surface area contributed by atoms with Gasteiger partial charge in [0.2, 0.25) is 0 Å². The lowest BCUT2D eigenvalue weighted by Gasteiger charge is -2.17. The molecule has 0 aliphatic carbocycles. The number of amides is 3. The Hall–Kier alpha value is -2.80. The van der Waals surface area contributed by atoms with E-state index in [2.05, 4.69) is 21.2 Å². The van der Waals surface area contributed by atoms with E-state index in [1.807, 2.05) is 57.2 Å². The summed E-state index contributed by atoms with van der Waals surface area (Å²) < 4.78 is 12.3. The number of imide groups is 1. The van der Waals surface area contributed by atoms with E-state index in [4.69, 9.17) is 9.47 Å². The fraction of sp³-hybridized carbons (Fsp3) is 0.273. The quantitative estimate of drug-likeness (QED) is 0.480. The molecule has 0 spiro atoms. The summed E-state index contributed by atoms with van der Waals surface area (Å²) in [7, 11) is 0. The molecule has 7 heteroatoms. The second-order valence-corrected chi connectivity index (χ2v) is 7.65. The number of nitrogens with zero attached hydrogens (tertiary/aromatic N) is 1. The number of hydrogen-bond donors (Lipinski definition) is 1. The number of hydrogen-bond acceptors (Lipinski definition) is 4. The summed E-state index contributed by atoms with van der Waals surface area (Å²) in [5.41, 5.74) is 1.81. The molecule has 3 rings (SSSR count). The number of halogens is 1. The summed E-state index contributed by atoms with van der Waals surface area (Å²) in [6, 6.07) is 12.6. The first-order valence-corrected chi connectivity index (χ1v) is 10.2. The smallest absolute Gasteiger partial charge is 0.329 e. The Morgan fingerprint density at radius 2 is 1.90 bits per heavy atom. The van der Waals surface area contributed by atoms with Crippen LogP contribution in [-0.2, 0) is 11.3 Å². The van der Waals surface area contributed by atoms with Crippen LogP contribution in [0.2, 0.25) is 0 Å². The molecule has 0 unspecified atom stereocenters. The third-order valence-electron chi connectivity index (χ3n) is 4.14. The van der Waals surface area contributed by atoms with E-state index in [9.17, 15) is 9.59 Å². The average Bonchev–Trinajstić information content (AvgIpc) is 2.93. The predicted octanol–water partition coefficient (Wildman–Crippen LogP) is 4.73. The van der Waals surface area contributed by atoms with Crippen LogP contribution in [0.3, 0.4) is 0 Å². The molecule has 0 aromatic heterocycles. The molecule has 1 heterocycles. The molecule has 0 atom stereocenters. The van der Waals surface area contributed by atoms with Crippen molar-refractivity contribution in [1.29, 1.82) is 0 Å². The molecule has 1 N–H and O–H groups in total. The van der Waals surface area contributed by atoms with Gasteiger partial charge in [0.25, 0.3) is 5.91 Å². The molecule has 1 aliphatic heterocycles. The Morgan fingerprint density at radius 1 is 1.17 bits per heavy atom. The highest BCUT2D eigenvalue weighted by molar-refractivity contribution is 9.10. The van der Waals surface area contributed by atoms with Crippen LogP contribution in [0.25, 0.3) is 6.08 Å². The predicted molar refractivity (Wildman–Crippen MR) is 115 cm³/mol. The van der Waals surface area contributed by atoms with Crippen LogP contribution >= 0.6 is 15.9 Å². The molecule has 2 aromatic rings. The van der Waals surface area contributed by atoms with E-state index in [0.29, 0.717) is 28.1 Å². The lowest BCUT2D eigenvalue weighted by atomic mass is 10.1. The van der Waals surface area contributed by atoms with Crippen molar-refractivity contribution < 1.29 is 19.1 Å². The molecule has 0 bridgehead atoms. The highest BCUT2D eigenvalue weighted by atomic mass is 79.9. The molecule has 6 nitrogen and oxygen atoms in total. The zero-order valence-corrected chi connectivity index (χ0v) is 18.2. The van der Waals surface area contributed by atoms with E-state index >= 15 is 0 Å². The molecule has 1 aliphatic rings. The van der Waals surface area contributed by atoms with Gasteiger partial charge >= 0.3 is 6.03 Å². The van der Waals surface area contributed by atoms with Crippen molar-refractivity contribution >= 4 is 33.9 Å². The molecule has 0 radical (unpaired) electrons. The van der Waals surface area contributed by atoms with Crippen LogP contribution in [0, 0.1) is 0 Å². The fourth-order valence-corrected chi connectivity index (χ4v) is 3.49.